The van der Waals surface area contributed by atoms with Gasteiger partial charge in [-0.25, -0.2) is 4.31 Å². The van der Waals surface area contributed by atoms with E-state index in [0.717, 1.165) is 4.31 Å². The minimum Gasteiger partial charge on any atom is -0.497 e. The summed E-state index contributed by atoms with van der Waals surface area (Å²) < 4.78 is 39.9. The summed E-state index contributed by atoms with van der Waals surface area (Å²) in [7, 11) is -3.11. The molecule has 2 aromatic rings. The Kier molecular flexibility index (Phi) is 7.35. The van der Waals surface area contributed by atoms with E-state index >= 15 is 0 Å². The molecule has 9 nitrogen and oxygen atoms in total. The number of anilines is 2. The number of rotatable bonds is 10. The van der Waals surface area contributed by atoms with Crippen molar-refractivity contribution in [2.45, 2.75) is 19.0 Å². The summed E-state index contributed by atoms with van der Waals surface area (Å²) in [6.45, 7) is 0.584. The fourth-order valence-electron chi connectivity index (χ4n) is 2.58. The van der Waals surface area contributed by atoms with Crippen LogP contribution in [0.3, 0.4) is 0 Å². The molecule has 0 aliphatic carbocycles. The van der Waals surface area contributed by atoms with Crippen LogP contribution in [0.15, 0.2) is 48.5 Å². The van der Waals surface area contributed by atoms with Gasteiger partial charge in [0.05, 0.1) is 18.5 Å². The number of ether oxygens (including phenoxy) is 1. The molecular formula is C18H23N3O6S. The molecule has 10 heteroatoms. The average Bonchev–Trinajstić information content (AvgIpc) is 2.65. The van der Waals surface area contributed by atoms with Crippen molar-refractivity contribution in [3.63, 3.8) is 0 Å². The first-order valence-corrected chi connectivity index (χ1v) is 9.82. The Morgan fingerprint density at radius 3 is 2.43 bits per heavy atom. The number of nitrogens with one attached hydrogen (secondary N) is 1. The molecule has 28 heavy (non-hydrogen) atoms. The second kappa shape index (κ2) is 9.51. The highest BCUT2D eigenvalue weighted by Gasteiger charge is 2.24. The van der Waals surface area contributed by atoms with Gasteiger partial charge in [0.1, 0.15) is 11.8 Å². The van der Waals surface area contributed by atoms with Crippen LogP contribution in [-0.4, -0.2) is 43.7 Å². The minimum absolute atomic E-state index is 0.220. The number of carboxylic acid groups (broad SMARTS) is 1. The average molecular weight is 409 g/mol. The molecule has 0 saturated carbocycles. The van der Waals surface area contributed by atoms with Crippen molar-refractivity contribution in [3.8, 4) is 5.75 Å². The number of para-hydroxylation sites is 1. The number of aliphatic carboxylic acids is 1. The molecule has 0 bridgehead atoms. The molecule has 0 radical (unpaired) electrons. The van der Waals surface area contributed by atoms with Gasteiger partial charge in [-0.3, -0.25) is 9.35 Å². The zero-order valence-electron chi connectivity index (χ0n) is 15.3. The minimum atomic E-state index is -4.60. The fraction of sp³-hybridized carbons (Fsp3) is 0.278. The molecule has 0 aromatic heterocycles. The van der Waals surface area contributed by atoms with Crippen LogP contribution in [0, 0.1) is 0 Å². The molecule has 0 aliphatic heterocycles. The summed E-state index contributed by atoms with van der Waals surface area (Å²) in [5, 5.41) is 11.8. The summed E-state index contributed by atoms with van der Waals surface area (Å²) in [4.78, 5) is 10.8. The monoisotopic (exact) mass is 409 g/mol. The van der Waals surface area contributed by atoms with Crippen LogP contribution >= 0.6 is 0 Å². The summed E-state index contributed by atoms with van der Waals surface area (Å²) in [6.07, 6.45) is 0.220. The normalized spacial score (nSPS) is 12.4. The first kappa shape index (κ1) is 21.6. The highest BCUT2D eigenvalue weighted by atomic mass is 32.2. The number of nitrogens with zero attached hydrogens (tertiary/aromatic N) is 1. The van der Waals surface area contributed by atoms with Gasteiger partial charge >= 0.3 is 16.3 Å². The summed E-state index contributed by atoms with van der Waals surface area (Å²) in [5.41, 5.74) is 6.57. The van der Waals surface area contributed by atoms with E-state index in [0.29, 0.717) is 17.9 Å². The van der Waals surface area contributed by atoms with Crippen molar-refractivity contribution in [3.05, 3.63) is 54.1 Å². The molecule has 1 unspecified atom stereocenters. The maximum absolute atomic E-state index is 12.1. The van der Waals surface area contributed by atoms with Crippen LogP contribution in [0.4, 0.5) is 11.4 Å². The standard InChI is InChI=1S/C18H23N3O6S/c1-27-15-8-6-14(7-9-15)21(28(24,25)26)17-5-3-2-4-13(17)12-20-11-10-16(19)18(22)23/h2-9,16,20H,10-12,19H2,1H3,(H,22,23)(H,24,25,26). The second-order valence-corrected chi connectivity index (χ2v) is 7.24. The zero-order chi connectivity index (χ0) is 20.7. The van der Waals surface area contributed by atoms with Crippen LogP contribution in [-0.2, 0) is 21.6 Å². The first-order valence-electron chi connectivity index (χ1n) is 8.43. The van der Waals surface area contributed by atoms with Gasteiger partial charge in [0.25, 0.3) is 0 Å². The second-order valence-electron chi connectivity index (χ2n) is 5.98. The third kappa shape index (κ3) is 5.67. The molecule has 1 atom stereocenters. The number of hydrogen-bond acceptors (Lipinski definition) is 6. The first-order chi connectivity index (χ1) is 13.2. The van der Waals surface area contributed by atoms with Gasteiger partial charge in [0, 0.05) is 6.54 Å². The number of carbonyl (C=O) groups is 1. The SMILES string of the molecule is COc1ccc(N(c2ccccc2CNCCC(N)C(=O)O)S(=O)(=O)O)cc1. The van der Waals surface area contributed by atoms with Gasteiger partial charge in [-0.05, 0) is 48.9 Å². The van der Waals surface area contributed by atoms with E-state index in [4.69, 9.17) is 15.6 Å². The van der Waals surface area contributed by atoms with Gasteiger partial charge < -0.3 is 20.9 Å². The van der Waals surface area contributed by atoms with Gasteiger partial charge in [0.2, 0.25) is 0 Å². The van der Waals surface area contributed by atoms with Gasteiger partial charge in [-0.15, -0.1) is 0 Å². The maximum Gasteiger partial charge on any atom is 0.364 e. The lowest BCUT2D eigenvalue weighted by Crippen LogP contribution is -2.33. The Morgan fingerprint density at radius 1 is 1.21 bits per heavy atom. The van der Waals surface area contributed by atoms with Gasteiger partial charge in [0.15, 0.2) is 0 Å². The summed E-state index contributed by atoms with van der Waals surface area (Å²) in [5.74, 6) is -0.539. The van der Waals surface area contributed by atoms with E-state index in [-0.39, 0.29) is 24.3 Å². The molecule has 0 aliphatic rings. The van der Waals surface area contributed by atoms with Crippen LogP contribution in [0.25, 0.3) is 0 Å². The lowest BCUT2D eigenvalue weighted by atomic mass is 10.1. The summed E-state index contributed by atoms with van der Waals surface area (Å²) >= 11 is 0. The van der Waals surface area contributed by atoms with Gasteiger partial charge in [-0.2, -0.15) is 8.42 Å². The number of carboxylic acids is 1. The van der Waals surface area contributed by atoms with Crippen molar-refractivity contribution in [2.24, 2.45) is 5.73 Å². The van der Waals surface area contributed by atoms with E-state index < -0.39 is 22.3 Å². The lowest BCUT2D eigenvalue weighted by molar-refractivity contribution is -0.138. The Labute approximate surface area is 163 Å². The lowest BCUT2D eigenvalue weighted by Gasteiger charge is -2.24. The molecule has 2 rings (SSSR count). The van der Waals surface area contributed by atoms with E-state index in [1.807, 2.05) is 0 Å². The van der Waals surface area contributed by atoms with Crippen molar-refractivity contribution < 1.29 is 27.6 Å². The fourth-order valence-corrected chi connectivity index (χ4v) is 3.39. The predicted molar refractivity (Wildman–Crippen MR) is 105 cm³/mol. The largest absolute Gasteiger partial charge is 0.497 e. The molecule has 0 spiro atoms. The van der Waals surface area contributed by atoms with Crippen molar-refractivity contribution >= 4 is 27.6 Å². The maximum atomic E-state index is 12.1. The number of nitrogens with two attached hydrogens (primary N) is 1. The van der Waals surface area contributed by atoms with Crippen molar-refractivity contribution in [1.29, 1.82) is 0 Å². The Hall–Kier alpha value is -2.66. The zero-order valence-corrected chi connectivity index (χ0v) is 16.1. The number of methoxy groups -OCH3 is 1. The highest BCUT2D eigenvalue weighted by Crippen LogP contribution is 2.32. The highest BCUT2D eigenvalue weighted by molar-refractivity contribution is 7.87. The molecule has 0 fully saturated rings. The van der Waals surface area contributed by atoms with Crippen LogP contribution in [0.1, 0.15) is 12.0 Å². The Morgan fingerprint density at radius 2 is 1.86 bits per heavy atom. The molecule has 2 aromatic carbocycles. The molecule has 0 heterocycles. The van der Waals surface area contributed by atoms with Gasteiger partial charge in [-0.1, -0.05) is 18.2 Å². The quantitative estimate of drug-likeness (QED) is 0.342. The molecule has 0 saturated heterocycles. The van der Waals surface area contributed by atoms with E-state index in [2.05, 4.69) is 5.32 Å². The third-order valence-corrected chi connectivity index (χ3v) is 4.88. The third-order valence-electron chi connectivity index (χ3n) is 4.01. The Bertz CT molecular complexity index is 902. The smallest absolute Gasteiger partial charge is 0.364 e. The molecule has 5 N–H and O–H groups in total. The van der Waals surface area contributed by atoms with Crippen LogP contribution in [0.5, 0.6) is 5.75 Å². The predicted octanol–water partition coefficient (Wildman–Crippen LogP) is 1.53. The van der Waals surface area contributed by atoms with Crippen molar-refractivity contribution in [1.82, 2.24) is 5.32 Å². The van der Waals surface area contributed by atoms with E-state index in [9.17, 15) is 17.8 Å². The molecule has 0 amide bonds. The topological polar surface area (TPSA) is 142 Å². The number of hydrogen-bond donors (Lipinski definition) is 4. The molecular weight excluding hydrogens is 386 g/mol. The van der Waals surface area contributed by atoms with E-state index in [1.54, 1.807) is 36.4 Å². The van der Waals surface area contributed by atoms with Crippen molar-refractivity contribution in [2.75, 3.05) is 18.0 Å². The number of benzene rings is 2. The van der Waals surface area contributed by atoms with Crippen LogP contribution in [0.2, 0.25) is 0 Å². The molecule has 152 valence electrons. The summed E-state index contributed by atoms with van der Waals surface area (Å²) in [6, 6.07) is 11.9. The van der Waals surface area contributed by atoms with E-state index in [1.165, 1.54) is 19.2 Å². The van der Waals surface area contributed by atoms with Crippen LogP contribution < -0.4 is 20.1 Å². The Balaban J connectivity index is 2.26.